The third-order valence-corrected chi connectivity index (χ3v) is 7.09. The molecule has 2 aromatic rings. The second-order valence-electron chi connectivity index (χ2n) is 9.16. The van der Waals surface area contributed by atoms with E-state index >= 15 is 0 Å². The van der Waals surface area contributed by atoms with Gasteiger partial charge < -0.3 is 4.74 Å². The average molecular weight is 459 g/mol. The first-order chi connectivity index (χ1) is 15.6. The molecule has 0 heterocycles. The maximum atomic E-state index is 12.7. The largest absolute Gasteiger partial charge is 0.445 e. The summed E-state index contributed by atoms with van der Waals surface area (Å²) < 4.78 is 31.2. The molecule has 1 aliphatic carbocycles. The van der Waals surface area contributed by atoms with Gasteiger partial charge in [-0.3, -0.25) is 0 Å². The van der Waals surface area contributed by atoms with Crippen LogP contribution in [0.1, 0.15) is 107 Å². The molecule has 0 N–H and O–H groups in total. The van der Waals surface area contributed by atoms with Gasteiger partial charge in [-0.15, -0.1) is 0 Å². The van der Waals surface area contributed by atoms with Crippen molar-refractivity contribution in [3.05, 3.63) is 65.2 Å². The normalized spacial score (nSPS) is 18.6. The van der Waals surface area contributed by atoms with E-state index in [0.29, 0.717) is 22.3 Å². The van der Waals surface area contributed by atoms with E-state index < -0.39 is 6.43 Å². The van der Waals surface area contributed by atoms with Crippen LogP contribution in [-0.4, -0.2) is 5.05 Å². The van der Waals surface area contributed by atoms with Crippen LogP contribution in [0.5, 0.6) is 5.75 Å². The first-order valence-corrected chi connectivity index (χ1v) is 12.7. The second-order valence-corrected chi connectivity index (χ2v) is 9.53. The summed E-state index contributed by atoms with van der Waals surface area (Å²) in [6.45, 7) is 2.27. The van der Waals surface area contributed by atoms with E-state index in [2.05, 4.69) is 19.1 Å². The fourth-order valence-electron chi connectivity index (χ4n) is 4.74. The smallest absolute Gasteiger partial charge is 0.263 e. The second kappa shape index (κ2) is 13.0. The molecule has 32 heavy (non-hydrogen) atoms. The fraction of sp³-hybridized carbons (Fsp3) is 0.536. The Balaban J connectivity index is 1.41. The standard InChI is InChI=1S/C28H36F2OS/c1-2-3-4-5-6-7-8-21-9-11-22(12-10-21)23-17-19-26(20-18-23)31-28(32)25-15-13-24(14-16-25)27(29)30/h13-22,27H,2-12H2,1H3/t21-,22-. The number of benzene rings is 2. The summed E-state index contributed by atoms with van der Waals surface area (Å²) in [7, 11) is 0. The molecule has 0 aromatic heterocycles. The van der Waals surface area contributed by atoms with Gasteiger partial charge in [-0.2, -0.15) is 0 Å². The zero-order valence-electron chi connectivity index (χ0n) is 19.2. The highest BCUT2D eigenvalue weighted by Gasteiger charge is 2.22. The van der Waals surface area contributed by atoms with Crippen molar-refractivity contribution in [2.75, 3.05) is 0 Å². The molecule has 1 aliphatic rings. The average Bonchev–Trinajstić information content (AvgIpc) is 2.82. The Bertz CT molecular complexity index is 808. The van der Waals surface area contributed by atoms with Gasteiger partial charge in [0.25, 0.3) is 6.43 Å². The fourth-order valence-corrected chi connectivity index (χ4v) is 4.97. The first-order valence-electron chi connectivity index (χ1n) is 12.3. The van der Waals surface area contributed by atoms with Crippen LogP contribution in [0, 0.1) is 5.92 Å². The van der Waals surface area contributed by atoms with Crippen molar-refractivity contribution in [2.24, 2.45) is 5.92 Å². The molecule has 0 bridgehead atoms. The molecule has 1 saturated carbocycles. The molecular formula is C28H36F2OS. The highest BCUT2D eigenvalue weighted by Crippen LogP contribution is 2.38. The predicted octanol–water partition coefficient (Wildman–Crippen LogP) is 9.40. The van der Waals surface area contributed by atoms with Crippen molar-refractivity contribution < 1.29 is 13.5 Å². The number of halogens is 2. The van der Waals surface area contributed by atoms with Gasteiger partial charge in [-0.25, -0.2) is 8.78 Å². The minimum atomic E-state index is -2.48. The van der Waals surface area contributed by atoms with Crippen LogP contribution >= 0.6 is 12.2 Å². The Morgan fingerprint density at radius 1 is 0.875 bits per heavy atom. The summed E-state index contributed by atoms with van der Waals surface area (Å²) >= 11 is 5.34. The number of hydrogen-bond donors (Lipinski definition) is 0. The van der Waals surface area contributed by atoms with Gasteiger partial charge in [0.1, 0.15) is 5.75 Å². The lowest BCUT2D eigenvalue weighted by Gasteiger charge is -2.29. The summed E-state index contributed by atoms with van der Waals surface area (Å²) in [5.41, 5.74) is 2.00. The van der Waals surface area contributed by atoms with Crippen LogP contribution < -0.4 is 4.74 Å². The molecule has 0 unspecified atom stereocenters. The number of hydrogen-bond acceptors (Lipinski definition) is 2. The van der Waals surface area contributed by atoms with Crippen molar-refractivity contribution >= 4 is 17.3 Å². The van der Waals surface area contributed by atoms with Gasteiger partial charge in [-0.1, -0.05) is 76.1 Å². The van der Waals surface area contributed by atoms with E-state index in [9.17, 15) is 8.78 Å². The van der Waals surface area contributed by atoms with E-state index in [4.69, 9.17) is 17.0 Å². The molecule has 1 nitrogen and oxygen atoms in total. The van der Waals surface area contributed by atoms with E-state index in [1.807, 2.05) is 12.1 Å². The van der Waals surface area contributed by atoms with Gasteiger partial charge in [0, 0.05) is 11.1 Å². The maximum Gasteiger partial charge on any atom is 0.263 e. The third kappa shape index (κ3) is 7.65. The van der Waals surface area contributed by atoms with Crippen molar-refractivity contribution in [3.63, 3.8) is 0 Å². The molecule has 2 aromatic carbocycles. The highest BCUT2D eigenvalue weighted by atomic mass is 32.1. The molecule has 3 rings (SSSR count). The summed E-state index contributed by atoms with van der Waals surface area (Å²) in [6.07, 6.45) is 12.5. The quantitative estimate of drug-likeness (QED) is 0.245. The minimum Gasteiger partial charge on any atom is -0.445 e. The van der Waals surface area contributed by atoms with Crippen LogP contribution in [0.3, 0.4) is 0 Å². The van der Waals surface area contributed by atoms with Gasteiger partial charge in [0.05, 0.1) is 0 Å². The number of ether oxygens (including phenoxy) is 1. The summed E-state index contributed by atoms with van der Waals surface area (Å²) in [5.74, 6) is 2.24. The number of rotatable bonds is 11. The van der Waals surface area contributed by atoms with Crippen LogP contribution in [0.15, 0.2) is 48.5 Å². The molecule has 0 amide bonds. The first kappa shape index (κ1) is 24.8. The zero-order valence-corrected chi connectivity index (χ0v) is 20.0. The zero-order chi connectivity index (χ0) is 22.8. The Labute approximate surface area is 197 Å². The monoisotopic (exact) mass is 458 g/mol. The van der Waals surface area contributed by atoms with Gasteiger partial charge in [0.2, 0.25) is 0 Å². The topological polar surface area (TPSA) is 9.23 Å². The predicted molar refractivity (Wildman–Crippen MR) is 133 cm³/mol. The van der Waals surface area contributed by atoms with Crippen LogP contribution in [0.2, 0.25) is 0 Å². The summed E-state index contributed by atoms with van der Waals surface area (Å²) in [4.78, 5) is 0. The van der Waals surface area contributed by atoms with Gasteiger partial charge in [0.15, 0.2) is 5.05 Å². The number of unbranched alkanes of at least 4 members (excludes halogenated alkanes) is 5. The highest BCUT2D eigenvalue weighted by molar-refractivity contribution is 7.80. The summed E-state index contributed by atoms with van der Waals surface area (Å²) in [5, 5.41) is 0.300. The molecule has 1 fully saturated rings. The van der Waals surface area contributed by atoms with Crippen molar-refractivity contribution in [1.29, 1.82) is 0 Å². The lowest BCUT2D eigenvalue weighted by atomic mass is 9.77. The Morgan fingerprint density at radius 2 is 1.50 bits per heavy atom. The molecule has 0 atom stereocenters. The maximum absolute atomic E-state index is 12.7. The molecular weight excluding hydrogens is 422 g/mol. The molecule has 0 aliphatic heterocycles. The lowest BCUT2D eigenvalue weighted by Crippen LogP contribution is -2.13. The van der Waals surface area contributed by atoms with Crippen LogP contribution in [-0.2, 0) is 0 Å². The van der Waals surface area contributed by atoms with Crippen molar-refractivity contribution in [1.82, 2.24) is 0 Å². The Morgan fingerprint density at radius 3 is 2.12 bits per heavy atom. The van der Waals surface area contributed by atoms with Gasteiger partial charge in [-0.05, 0) is 79.6 Å². The van der Waals surface area contributed by atoms with Gasteiger partial charge >= 0.3 is 0 Å². The van der Waals surface area contributed by atoms with Crippen LogP contribution in [0.4, 0.5) is 8.78 Å². The number of alkyl halides is 2. The van der Waals surface area contributed by atoms with E-state index in [0.717, 1.165) is 5.92 Å². The molecule has 0 saturated heterocycles. The Kier molecular flexibility index (Phi) is 10.1. The molecule has 0 radical (unpaired) electrons. The van der Waals surface area contributed by atoms with E-state index in [1.54, 1.807) is 12.1 Å². The molecule has 4 heteroatoms. The third-order valence-electron chi connectivity index (χ3n) is 6.77. The number of thiocarbonyl (C=S) groups is 1. The molecule has 174 valence electrons. The molecule has 0 spiro atoms. The Hall–Kier alpha value is -1.81. The van der Waals surface area contributed by atoms with Crippen LogP contribution in [0.25, 0.3) is 0 Å². The van der Waals surface area contributed by atoms with Crippen molar-refractivity contribution in [2.45, 2.75) is 89.9 Å². The van der Waals surface area contributed by atoms with Crippen molar-refractivity contribution in [3.8, 4) is 5.75 Å². The van der Waals surface area contributed by atoms with E-state index in [-0.39, 0.29) is 5.56 Å². The SMILES string of the molecule is CCCCCCCC[C@H]1CC[C@H](c2ccc(OC(=S)c3ccc(C(F)F)cc3)cc2)CC1. The van der Waals surface area contributed by atoms with E-state index in [1.165, 1.54) is 88.3 Å². The lowest BCUT2D eigenvalue weighted by molar-refractivity contribution is 0.151. The minimum absolute atomic E-state index is 0.0115. The summed E-state index contributed by atoms with van der Waals surface area (Å²) in [6, 6.07) is 14.2.